The largest absolute Gasteiger partial charge is 0.396 e. The van der Waals surface area contributed by atoms with Gasteiger partial charge in [-0.3, -0.25) is 0 Å². The van der Waals surface area contributed by atoms with Crippen molar-refractivity contribution in [3.8, 4) is 0 Å². The Morgan fingerprint density at radius 2 is 1.53 bits per heavy atom. The highest BCUT2D eigenvalue weighted by molar-refractivity contribution is 4.86. The van der Waals surface area contributed by atoms with E-state index in [0.29, 0.717) is 12.0 Å². The molecular weight excluding hydrogens is 234 g/mol. The lowest BCUT2D eigenvalue weighted by atomic mass is 9.80. The molecule has 112 valence electrons. The van der Waals surface area contributed by atoms with Gasteiger partial charge in [-0.15, -0.1) is 0 Å². The molecule has 0 radical (unpaired) electrons. The number of likely N-dealkylation sites (tertiary alicyclic amines) is 1. The molecule has 0 spiro atoms. The van der Waals surface area contributed by atoms with Crippen molar-refractivity contribution < 1.29 is 5.11 Å². The lowest BCUT2D eigenvalue weighted by Crippen LogP contribution is -2.40. The van der Waals surface area contributed by atoms with Crippen LogP contribution < -0.4 is 0 Å². The lowest BCUT2D eigenvalue weighted by molar-refractivity contribution is 0.0595. The molecule has 0 unspecified atom stereocenters. The van der Waals surface area contributed by atoms with Gasteiger partial charge in [0.2, 0.25) is 0 Å². The van der Waals surface area contributed by atoms with Gasteiger partial charge in [0.25, 0.3) is 0 Å². The van der Waals surface area contributed by atoms with Crippen LogP contribution in [0, 0.1) is 10.8 Å². The van der Waals surface area contributed by atoms with Crippen LogP contribution in [-0.4, -0.2) is 36.2 Å². The summed E-state index contributed by atoms with van der Waals surface area (Å²) in [5.74, 6) is 0. The molecule has 1 aliphatic carbocycles. The summed E-state index contributed by atoms with van der Waals surface area (Å²) in [6.07, 6.45) is 11.9. The molecule has 2 nitrogen and oxygen atoms in total. The van der Waals surface area contributed by atoms with Crippen molar-refractivity contribution in [1.29, 1.82) is 0 Å². The quantitative estimate of drug-likeness (QED) is 0.786. The standard InChI is InChI=1S/C17H33NO/c1-16(2)8-7-12-18(13-11-16)14-17(15-19)9-5-3-4-6-10-17/h19H,3-15H2,1-2H3. The lowest BCUT2D eigenvalue weighted by Gasteiger charge is -2.36. The van der Waals surface area contributed by atoms with E-state index in [-0.39, 0.29) is 5.41 Å². The van der Waals surface area contributed by atoms with Crippen LogP contribution in [0.1, 0.15) is 71.6 Å². The Hall–Kier alpha value is -0.0800. The van der Waals surface area contributed by atoms with E-state index < -0.39 is 0 Å². The Balaban J connectivity index is 1.93. The summed E-state index contributed by atoms with van der Waals surface area (Å²) < 4.78 is 0. The van der Waals surface area contributed by atoms with Gasteiger partial charge in [-0.1, -0.05) is 39.5 Å². The Bertz CT molecular complexity index is 266. The van der Waals surface area contributed by atoms with E-state index in [0.717, 1.165) is 6.54 Å². The number of rotatable bonds is 3. The minimum Gasteiger partial charge on any atom is -0.396 e. The summed E-state index contributed by atoms with van der Waals surface area (Å²) in [5, 5.41) is 9.94. The van der Waals surface area contributed by atoms with Crippen LogP contribution in [-0.2, 0) is 0 Å². The normalized spacial score (nSPS) is 28.6. The predicted octanol–water partition coefficient (Wildman–Crippen LogP) is 3.83. The fourth-order valence-electron chi connectivity index (χ4n) is 3.96. The van der Waals surface area contributed by atoms with E-state index in [2.05, 4.69) is 18.7 Å². The Morgan fingerprint density at radius 3 is 2.16 bits per heavy atom. The molecule has 0 amide bonds. The van der Waals surface area contributed by atoms with Gasteiger partial charge in [0, 0.05) is 18.6 Å². The molecular formula is C17H33NO. The maximum Gasteiger partial charge on any atom is 0.0499 e. The molecule has 0 bridgehead atoms. The van der Waals surface area contributed by atoms with Gasteiger partial charge in [0.15, 0.2) is 0 Å². The van der Waals surface area contributed by atoms with Gasteiger partial charge in [-0.05, 0) is 50.6 Å². The molecule has 1 heterocycles. The van der Waals surface area contributed by atoms with Crippen LogP contribution in [0.15, 0.2) is 0 Å². The number of hydrogen-bond donors (Lipinski definition) is 1. The van der Waals surface area contributed by atoms with Gasteiger partial charge in [-0.2, -0.15) is 0 Å². The summed E-state index contributed by atoms with van der Waals surface area (Å²) in [5.41, 5.74) is 0.732. The molecule has 0 aromatic carbocycles. The van der Waals surface area contributed by atoms with E-state index in [4.69, 9.17) is 0 Å². The second-order valence-electron chi connectivity index (χ2n) is 7.87. The van der Waals surface area contributed by atoms with Gasteiger partial charge in [0.1, 0.15) is 0 Å². The molecule has 2 rings (SSSR count). The van der Waals surface area contributed by atoms with Crippen molar-refractivity contribution in [3.05, 3.63) is 0 Å². The van der Waals surface area contributed by atoms with Crippen molar-refractivity contribution in [1.82, 2.24) is 4.90 Å². The smallest absolute Gasteiger partial charge is 0.0499 e. The summed E-state index contributed by atoms with van der Waals surface area (Å²) in [4.78, 5) is 2.65. The third kappa shape index (κ3) is 4.46. The van der Waals surface area contributed by atoms with E-state index in [1.165, 1.54) is 70.9 Å². The molecule has 2 fully saturated rings. The van der Waals surface area contributed by atoms with Crippen LogP contribution in [0.2, 0.25) is 0 Å². The SMILES string of the molecule is CC1(C)CCCN(CC2(CO)CCCCCC2)CC1. The molecule has 1 saturated heterocycles. The first kappa shape index (κ1) is 15.3. The Kier molecular flexibility index (Phi) is 5.30. The molecule has 0 aromatic rings. The fourth-order valence-corrected chi connectivity index (χ4v) is 3.96. The van der Waals surface area contributed by atoms with Gasteiger partial charge in [0.05, 0.1) is 0 Å². The second kappa shape index (κ2) is 6.58. The van der Waals surface area contributed by atoms with Crippen molar-refractivity contribution in [2.75, 3.05) is 26.2 Å². The Morgan fingerprint density at radius 1 is 0.842 bits per heavy atom. The zero-order valence-corrected chi connectivity index (χ0v) is 13.1. The molecule has 1 N–H and O–H groups in total. The third-order valence-electron chi connectivity index (χ3n) is 5.49. The minimum absolute atomic E-state index is 0.213. The van der Waals surface area contributed by atoms with Gasteiger partial charge in [-0.25, -0.2) is 0 Å². The number of aliphatic hydroxyl groups excluding tert-OH is 1. The summed E-state index contributed by atoms with van der Waals surface area (Å²) in [7, 11) is 0. The number of hydrogen-bond acceptors (Lipinski definition) is 2. The highest BCUT2D eigenvalue weighted by atomic mass is 16.3. The topological polar surface area (TPSA) is 23.5 Å². The number of nitrogens with zero attached hydrogens (tertiary/aromatic N) is 1. The average molecular weight is 267 g/mol. The summed E-state index contributed by atoms with van der Waals surface area (Å²) in [6.45, 7) is 8.82. The zero-order valence-electron chi connectivity index (χ0n) is 13.1. The maximum atomic E-state index is 9.94. The molecule has 1 aliphatic heterocycles. The van der Waals surface area contributed by atoms with Crippen LogP contribution >= 0.6 is 0 Å². The Labute approximate surface area is 119 Å². The average Bonchev–Trinajstić information content (AvgIpc) is 2.70. The van der Waals surface area contributed by atoms with Crippen LogP contribution in [0.3, 0.4) is 0 Å². The maximum absolute atomic E-state index is 9.94. The molecule has 0 atom stereocenters. The molecule has 1 saturated carbocycles. The van der Waals surface area contributed by atoms with E-state index in [1.54, 1.807) is 0 Å². The van der Waals surface area contributed by atoms with Crippen molar-refractivity contribution in [2.45, 2.75) is 71.6 Å². The highest BCUT2D eigenvalue weighted by Crippen LogP contribution is 2.37. The van der Waals surface area contributed by atoms with E-state index >= 15 is 0 Å². The van der Waals surface area contributed by atoms with Crippen LogP contribution in [0.5, 0.6) is 0 Å². The fraction of sp³-hybridized carbons (Fsp3) is 1.00. The van der Waals surface area contributed by atoms with Gasteiger partial charge >= 0.3 is 0 Å². The van der Waals surface area contributed by atoms with Crippen molar-refractivity contribution >= 4 is 0 Å². The second-order valence-corrected chi connectivity index (χ2v) is 7.87. The molecule has 0 aromatic heterocycles. The minimum atomic E-state index is 0.213. The van der Waals surface area contributed by atoms with E-state index in [9.17, 15) is 5.11 Å². The molecule has 2 heteroatoms. The first-order valence-corrected chi connectivity index (χ1v) is 8.39. The summed E-state index contributed by atoms with van der Waals surface area (Å²) in [6, 6.07) is 0. The third-order valence-corrected chi connectivity index (χ3v) is 5.49. The van der Waals surface area contributed by atoms with Crippen LogP contribution in [0.4, 0.5) is 0 Å². The van der Waals surface area contributed by atoms with Crippen molar-refractivity contribution in [2.24, 2.45) is 10.8 Å². The first-order valence-electron chi connectivity index (χ1n) is 8.39. The van der Waals surface area contributed by atoms with Crippen LogP contribution in [0.25, 0.3) is 0 Å². The van der Waals surface area contributed by atoms with Crippen molar-refractivity contribution in [3.63, 3.8) is 0 Å². The predicted molar refractivity (Wildman–Crippen MR) is 81.3 cm³/mol. The zero-order chi connectivity index (χ0) is 13.8. The molecule has 19 heavy (non-hydrogen) atoms. The number of aliphatic hydroxyl groups is 1. The molecule has 2 aliphatic rings. The summed E-state index contributed by atoms with van der Waals surface area (Å²) >= 11 is 0. The van der Waals surface area contributed by atoms with Gasteiger partial charge < -0.3 is 10.0 Å². The van der Waals surface area contributed by atoms with E-state index in [1.807, 2.05) is 0 Å². The monoisotopic (exact) mass is 267 g/mol. The highest BCUT2D eigenvalue weighted by Gasteiger charge is 2.33. The first-order chi connectivity index (χ1) is 9.05.